The summed E-state index contributed by atoms with van der Waals surface area (Å²) in [6.45, 7) is 4.67. The smallest absolute Gasteiger partial charge is 0.111 e. The minimum atomic E-state index is 0.243. The highest BCUT2D eigenvalue weighted by Crippen LogP contribution is 2.13. The van der Waals surface area contributed by atoms with Gasteiger partial charge in [0.1, 0.15) is 5.76 Å². The summed E-state index contributed by atoms with van der Waals surface area (Å²) in [5.41, 5.74) is 0. The molecule has 0 radical (unpaired) electrons. The van der Waals surface area contributed by atoms with Crippen LogP contribution in [0.4, 0.5) is 0 Å². The zero-order valence-corrected chi connectivity index (χ0v) is 8.51. The maximum Gasteiger partial charge on any atom is 0.111 e. The Morgan fingerprint density at radius 2 is 2.54 bits per heavy atom. The molecule has 0 aromatic carbocycles. The Labute approximate surface area is 80.1 Å². The number of methoxy groups -OCH3 is 1. The van der Waals surface area contributed by atoms with Gasteiger partial charge in [-0.25, -0.2) is 0 Å². The summed E-state index contributed by atoms with van der Waals surface area (Å²) < 4.78 is 10.6. The molecule has 0 aromatic heterocycles. The Hall–Kier alpha value is -0.540. The Morgan fingerprint density at radius 3 is 3.08 bits per heavy atom. The van der Waals surface area contributed by atoms with Gasteiger partial charge in [0.05, 0.1) is 19.3 Å². The molecule has 1 heterocycles. The van der Waals surface area contributed by atoms with Gasteiger partial charge in [-0.05, 0) is 19.0 Å². The molecule has 1 aliphatic rings. The highest BCUT2D eigenvalue weighted by Gasteiger charge is 2.17. The van der Waals surface area contributed by atoms with Gasteiger partial charge in [-0.3, -0.25) is 0 Å². The normalized spacial score (nSPS) is 18.2. The monoisotopic (exact) mass is 185 g/mol. The first-order chi connectivity index (χ1) is 6.38. The summed E-state index contributed by atoms with van der Waals surface area (Å²) in [5.74, 6) is 1.05. The second kappa shape index (κ2) is 6.00. The summed E-state index contributed by atoms with van der Waals surface area (Å²) in [6.07, 6.45) is 4.31. The topological polar surface area (TPSA) is 30.5 Å². The van der Waals surface area contributed by atoms with E-state index in [4.69, 9.17) is 9.47 Å². The maximum atomic E-state index is 5.48. The van der Waals surface area contributed by atoms with Crippen LogP contribution in [0.3, 0.4) is 0 Å². The molecule has 0 aromatic rings. The molecule has 3 heteroatoms. The van der Waals surface area contributed by atoms with Crippen molar-refractivity contribution >= 4 is 0 Å². The number of nitrogens with one attached hydrogen (secondary N) is 1. The zero-order valence-electron chi connectivity index (χ0n) is 8.51. The summed E-state index contributed by atoms with van der Waals surface area (Å²) >= 11 is 0. The van der Waals surface area contributed by atoms with E-state index in [1.807, 2.05) is 0 Å². The predicted molar refractivity (Wildman–Crippen MR) is 52.6 cm³/mol. The van der Waals surface area contributed by atoms with E-state index in [0.29, 0.717) is 6.61 Å². The first-order valence-electron chi connectivity index (χ1n) is 4.93. The standard InChI is InChI=1S/C10H19NO2/c1-3-6-11-9(8-12-2)10-5-4-7-13-10/h5,9,11H,3-4,6-8H2,1-2H3. The first-order valence-corrected chi connectivity index (χ1v) is 4.93. The van der Waals surface area contributed by atoms with Gasteiger partial charge in [-0.15, -0.1) is 0 Å². The third-order valence-corrected chi connectivity index (χ3v) is 2.05. The van der Waals surface area contributed by atoms with Crippen molar-refractivity contribution in [1.82, 2.24) is 5.32 Å². The SMILES string of the molecule is CCCNC(COC)C1=CCCO1. The number of ether oxygens (including phenoxy) is 2. The number of rotatable bonds is 6. The molecule has 0 aliphatic carbocycles. The van der Waals surface area contributed by atoms with Crippen molar-refractivity contribution in [2.45, 2.75) is 25.8 Å². The molecule has 3 nitrogen and oxygen atoms in total. The van der Waals surface area contributed by atoms with E-state index >= 15 is 0 Å². The van der Waals surface area contributed by atoms with Crippen LogP contribution in [-0.2, 0) is 9.47 Å². The molecule has 0 bridgehead atoms. The van der Waals surface area contributed by atoms with Crippen molar-refractivity contribution in [3.05, 3.63) is 11.8 Å². The van der Waals surface area contributed by atoms with Crippen molar-refractivity contribution in [3.63, 3.8) is 0 Å². The quantitative estimate of drug-likeness (QED) is 0.676. The minimum Gasteiger partial charge on any atom is -0.496 e. The largest absolute Gasteiger partial charge is 0.496 e. The van der Waals surface area contributed by atoms with Crippen molar-refractivity contribution < 1.29 is 9.47 Å². The van der Waals surface area contributed by atoms with E-state index in [0.717, 1.165) is 31.8 Å². The van der Waals surface area contributed by atoms with Crippen LogP contribution in [0.25, 0.3) is 0 Å². The fraction of sp³-hybridized carbons (Fsp3) is 0.800. The third kappa shape index (κ3) is 3.36. The zero-order chi connectivity index (χ0) is 9.52. The van der Waals surface area contributed by atoms with Gasteiger partial charge in [0.25, 0.3) is 0 Å². The van der Waals surface area contributed by atoms with Crippen LogP contribution in [0, 0.1) is 0 Å². The van der Waals surface area contributed by atoms with Gasteiger partial charge in [0.15, 0.2) is 0 Å². The Bertz CT molecular complexity index is 168. The van der Waals surface area contributed by atoms with Crippen LogP contribution in [0.2, 0.25) is 0 Å². The van der Waals surface area contributed by atoms with E-state index in [1.165, 1.54) is 0 Å². The Kier molecular flexibility index (Phi) is 4.86. The van der Waals surface area contributed by atoms with Crippen molar-refractivity contribution in [2.24, 2.45) is 0 Å². The van der Waals surface area contributed by atoms with E-state index in [-0.39, 0.29) is 6.04 Å². The molecule has 0 fully saturated rings. The van der Waals surface area contributed by atoms with E-state index in [9.17, 15) is 0 Å². The molecule has 13 heavy (non-hydrogen) atoms. The second-order valence-electron chi connectivity index (χ2n) is 3.21. The first kappa shape index (κ1) is 10.5. The lowest BCUT2D eigenvalue weighted by atomic mass is 10.2. The van der Waals surface area contributed by atoms with E-state index in [1.54, 1.807) is 7.11 Å². The minimum absolute atomic E-state index is 0.243. The van der Waals surface area contributed by atoms with Crippen LogP contribution in [0.15, 0.2) is 11.8 Å². The molecule has 1 atom stereocenters. The summed E-state index contributed by atoms with van der Waals surface area (Å²) in [6, 6.07) is 0.243. The lowest BCUT2D eigenvalue weighted by molar-refractivity contribution is 0.139. The molecule has 0 amide bonds. The summed E-state index contributed by atoms with van der Waals surface area (Å²) in [5, 5.41) is 3.39. The summed E-state index contributed by atoms with van der Waals surface area (Å²) in [7, 11) is 1.72. The van der Waals surface area contributed by atoms with Gasteiger partial charge in [0, 0.05) is 13.5 Å². The highest BCUT2D eigenvalue weighted by molar-refractivity contribution is 5.07. The molecular weight excluding hydrogens is 166 g/mol. The van der Waals surface area contributed by atoms with Crippen LogP contribution in [0.1, 0.15) is 19.8 Å². The van der Waals surface area contributed by atoms with Crippen LogP contribution in [-0.4, -0.2) is 32.9 Å². The molecule has 76 valence electrons. The van der Waals surface area contributed by atoms with Crippen molar-refractivity contribution in [1.29, 1.82) is 0 Å². The summed E-state index contributed by atoms with van der Waals surface area (Å²) in [4.78, 5) is 0. The fourth-order valence-electron chi connectivity index (χ4n) is 1.41. The molecule has 0 saturated heterocycles. The maximum absolute atomic E-state index is 5.48. The molecule has 0 saturated carbocycles. The van der Waals surface area contributed by atoms with Crippen LogP contribution in [0.5, 0.6) is 0 Å². The van der Waals surface area contributed by atoms with Crippen LogP contribution >= 0.6 is 0 Å². The number of hydrogen-bond donors (Lipinski definition) is 1. The molecule has 0 spiro atoms. The van der Waals surface area contributed by atoms with Gasteiger partial charge >= 0.3 is 0 Å². The fourth-order valence-corrected chi connectivity index (χ4v) is 1.41. The predicted octanol–water partition coefficient (Wildman–Crippen LogP) is 1.31. The second-order valence-corrected chi connectivity index (χ2v) is 3.21. The average molecular weight is 185 g/mol. The van der Waals surface area contributed by atoms with E-state index < -0.39 is 0 Å². The lowest BCUT2D eigenvalue weighted by Crippen LogP contribution is -2.35. The van der Waals surface area contributed by atoms with Gasteiger partial charge in [-0.2, -0.15) is 0 Å². The van der Waals surface area contributed by atoms with Crippen molar-refractivity contribution in [2.75, 3.05) is 26.9 Å². The molecule has 1 unspecified atom stereocenters. The molecule has 1 rings (SSSR count). The third-order valence-electron chi connectivity index (χ3n) is 2.05. The van der Waals surface area contributed by atoms with Crippen LogP contribution < -0.4 is 5.32 Å². The van der Waals surface area contributed by atoms with Gasteiger partial charge in [0.2, 0.25) is 0 Å². The van der Waals surface area contributed by atoms with Gasteiger partial charge < -0.3 is 14.8 Å². The Balaban J connectivity index is 2.36. The number of hydrogen-bond acceptors (Lipinski definition) is 3. The van der Waals surface area contributed by atoms with Crippen molar-refractivity contribution in [3.8, 4) is 0 Å². The average Bonchev–Trinajstić information content (AvgIpc) is 2.65. The van der Waals surface area contributed by atoms with Gasteiger partial charge in [-0.1, -0.05) is 6.92 Å². The lowest BCUT2D eigenvalue weighted by Gasteiger charge is -2.18. The molecule has 1 N–H and O–H groups in total. The molecule has 1 aliphatic heterocycles. The molecular formula is C10H19NO2. The Morgan fingerprint density at radius 1 is 1.69 bits per heavy atom. The highest BCUT2D eigenvalue weighted by atomic mass is 16.5. The van der Waals surface area contributed by atoms with E-state index in [2.05, 4.69) is 18.3 Å².